The van der Waals surface area contributed by atoms with Gasteiger partial charge in [-0.3, -0.25) is 4.79 Å². The summed E-state index contributed by atoms with van der Waals surface area (Å²) in [6, 6.07) is 2.41. The van der Waals surface area contributed by atoms with Crippen molar-refractivity contribution >= 4 is 39.1 Å². The van der Waals surface area contributed by atoms with Crippen LogP contribution in [0.5, 0.6) is 0 Å². The molecule has 1 aromatic rings. The number of rotatable bonds is 2. The van der Waals surface area contributed by atoms with E-state index in [-0.39, 0.29) is 32.5 Å². The smallest absolute Gasteiger partial charge is 0.255 e. The van der Waals surface area contributed by atoms with Crippen molar-refractivity contribution in [1.82, 2.24) is 4.90 Å². The zero-order valence-electron chi connectivity index (χ0n) is 10.8. The monoisotopic (exact) mass is 336 g/mol. The third kappa shape index (κ3) is 2.93. The molecule has 0 bridgehead atoms. The Morgan fingerprint density at radius 1 is 1.40 bits per heavy atom. The summed E-state index contributed by atoms with van der Waals surface area (Å²) < 4.78 is 22.8. The molecule has 1 saturated heterocycles. The number of benzene rings is 1. The first kappa shape index (κ1) is 15.6. The van der Waals surface area contributed by atoms with Gasteiger partial charge in [0.2, 0.25) is 10.0 Å². The molecule has 1 amide bonds. The second-order valence-electron chi connectivity index (χ2n) is 4.80. The zero-order valence-corrected chi connectivity index (χ0v) is 13.1. The third-order valence-electron chi connectivity index (χ3n) is 3.37. The third-order valence-corrected chi connectivity index (χ3v) is 5.07. The van der Waals surface area contributed by atoms with Gasteiger partial charge in [0.15, 0.2) is 0 Å². The Labute approximate surface area is 127 Å². The Kier molecular flexibility index (Phi) is 4.30. The zero-order chi connectivity index (χ0) is 15.1. The number of hydrogen-bond acceptors (Lipinski definition) is 3. The molecule has 0 saturated carbocycles. The van der Waals surface area contributed by atoms with Crippen LogP contribution in [0.15, 0.2) is 17.0 Å². The number of hydrogen-bond donors (Lipinski definition) is 1. The van der Waals surface area contributed by atoms with Gasteiger partial charge in [0.05, 0.1) is 20.5 Å². The highest BCUT2D eigenvalue weighted by Gasteiger charge is 2.29. The summed E-state index contributed by atoms with van der Waals surface area (Å²) in [6.07, 6.45) is 1.82. The van der Waals surface area contributed by atoms with E-state index in [9.17, 15) is 13.2 Å². The van der Waals surface area contributed by atoms with Crippen LogP contribution < -0.4 is 5.14 Å². The predicted octanol–water partition coefficient (Wildman–Crippen LogP) is 2.27. The van der Waals surface area contributed by atoms with Crippen molar-refractivity contribution in [3.05, 3.63) is 27.7 Å². The Morgan fingerprint density at radius 2 is 2.05 bits per heavy atom. The molecule has 0 aliphatic carbocycles. The van der Waals surface area contributed by atoms with Crippen LogP contribution in [0.25, 0.3) is 0 Å². The fourth-order valence-corrected chi connectivity index (χ4v) is 3.31. The number of sulfonamides is 1. The maximum atomic E-state index is 12.5. The van der Waals surface area contributed by atoms with Crippen molar-refractivity contribution in [1.29, 1.82) is 0 Å². The summed E-state index contributed by atoms with van der Waals surface area (Å²) in [4.78, 5) is 13.9. The van der Waals surface area contributed by atoms with Gasteiger partial charge in [-0.25, -0.2) is 13.6 Å². The normalized spacial score (nSPS) is 19.4. The lowest BCUT2D eigenvalue weighted by Crippen LogP contribution is -2.34. The van der Waals surface area contributed by atoms with E-state index < -0.39 is 10.0 Å². The second kappa shape index (κ2) is 5.52. The summed E-state index contributed by atoms with van der Waals surface area (Å²) in [5.74, 6) is -0.326. The van der Waals surface area contributed by atoms with Crippen molar-refractivity contribution in [3.8, 4) is 0 Å². The molecule has 2 rings (SSSR count). The van der Waals surface area contributed by atoms with Crippen LogP contribution >= 0.6 is 23.2 Å². The van der Waals surface area contributed by atoms with Gasteiger partial charge in [-0.1, -0.05) is 23.2 Å². The van der Waals surface area contributed by atoms with E-state index in [1.165, 1.54) is 6.07 Å². The lowest BCUT2D eigenvalue weighted by molar-refractivity contribution is 0.0747. The van der Waals surface area contributed by atoms with Crippen LogP contribution in [-0.4, -0.2) is 31.8 Å². The van der Waals surface area contributed by atoms with Gasteiger partial charge in [0.1, 0.15) is 0 Å². The molecule has 5 nitrogen and oxygen atoms in total. The molecule has 1 aliphatic rings. The van der Waals surface area contributed by atoms with Gasteiger partial charge in [0, 0.05) is 12.6 Å². The summed E-state index contributed by atoms with van der Waals surface area (Å²) in [5.41, 5.74) is 0.0666. The summed E-state index contributed by atoms with van der Waals surface area (Å²) >= 11 is 11.9. The van der Waals surface area contributed by atoms with E-state index in [0.717, 1.165) is 18.9 Å². The van der Waals surface area contributed by atoms with Crippen LogP contribution in [0, 0.1) is 0 Å². The predicted molar refractivity (Wildman–Crippen MR) is 77.6 cm³/mol. The van der Waals surface area contributed by atoms with Gasteiger partial charge in [-0.05, 0) is 31.9 Å². The first-order valence-electron chi connectivity index (χ1n) is 6.04. The fourth-order valence-electron chi connectivity index (χ4n) is 2.27. The molecule has 0 spiro atoms. The Hall–Kier alpha value is -0.820. The topological polar surface area (TPSA) is 80.5 Å². The Morgan fingerprint density at radius 3 is 2.55 bits per heavy atom. The van der Waals surface area contributed by atoms with E-state index in [4.69, 9.17) is 28.3 Å². The van der Waals surface area contributed by atoms with E-state index in [1.807, 2.05) is 6.92 Å². The number of amides is 1. The molecule has 20 heavy (non-hydrogen) atoms. The molecule has 0 radical (unpaired) electrons. The molecule has 0 aromatic heterocycles. The van der Waals surface area contributed by atoms with Crippen LogP contribution in [0.4, 0.5) is 0 Å². The van der Waals surface area contributed by atoms with Crippen LogP contribution in [0.2, 0.25) is 10.0 Å². The van der Waals surface area contributed by atoms with Crippen molar-refractivity contribution in [2.24, 2.45) is 5.14 Å². The first-order chi connectivity index (χ1) is 9.21. The average Bonchev–Trinajstić information content (AvgIpc) is 2.76. The van der Waals surface area contributed by atoms with Gasteiger partial charge in [0.25, 0.3) is 5.91 Å². The van der Waals surface area contributed by atoms with Crippen molar-refractivity contribution in [3.63, 3.8) is 0 Å². The number of carbonyl (C=O) groups is 1. The maximum absolute atomic E-state index is 12.5. The first-order valence-corrected chi connectivity index (χ1v) is 8.35. The maximum Gasteiger partial charge on any atom is 0.255 e. The van der Waals surface area contributed by atoms with Crippen LogP contribution in [0.1, 0.15) is 30.1 Å². The summed E-state index contributed by atoms with van der Waals surface area (Å²) in [5, 5.41) is 5.11. The molecule has 8 heteroatoms. The van der Waals surface area contributed by atoms with E-state index in [1.54, 1.807) is 4.90 Å². The van der Waals surface area contributed by atoms with Gasteiger partial charge in [-0.2, -0.15) is 0 Å². The second-order valence-corrected chi connectivity index (χ2v) is 7.15. The van der Waals surface area contributed by atoms with Gasteiger partial charge in [-0.15, -0.1) is 0 Å². The summed E-state index contributed by atoms with van der Waals surface area (Å²) in [7, 11) is -3.95. The standard InChI is InChI=1S/C12H14Cl2N2O3S/c1-7-3-2-4-16(7)12(17)9-5-8(20(15,18)19)6-10(13)11(9)14/h5-7H,2-4H2,1H3,(H2,15,18,19). The lowest BCUT2D eigenvalue weighted by atomic mass is 10.2. The number of nitrogens with zero attached hydrogens (tertiary/aromatic N) is 1. The van der Waals surface area contributed by atoms with Gasteiger partial charge >= 0.3 is 0 Å². The molecule has 110 valence electrons. The van der Waals surface area contributed by atoms with Crippen LogP contribution in [0.3, 0.4) is 0 Å². The van der Waals surface area contributed by atoms with Crippen molar-refractivity contribution < 1.29 is 13.2 Å². The van der Waals surface area contributed by atoms with Crippen LogP contribution in [-0.2, 0) is 10.0 Å². The fraction of sp³-hybridized carbons (Fsp3) is 0.417. The highest BCUT2D eigenvalue weighted by atomic mass is 35.5. The molecule has 1 heterocycles. The molecule has 1 aromatic carbocycles. The van der Waals surface area contributed by atoms with E-state index in [0.29, 0.717) is 6.54 Å². The minimum atomic E-state index is -3.95. The number of primary sulfonamides is 1. The average molecular weight is 337 g/mol. The molecule has 1 aliphatic heterocycles. The number of halogens is 2. The number of likely N-dealkylation sites (tertiary alicyclic amines) is 1. The highest BCUT2D eigenvalue weighted by molar-refractivity contribution is 7.89. The number of nitrogens with two attached hydrogens (primary N) is 1. The Balaban J connectivity index is 2.50. The molecular weight excluding hydrogens is 323 g/mol. The molecule has 1 fully saturated rings. The largest absolute Gasteiger partial charge is 0.336 e. The molecular formula is C12H14Cl2N2O3S. The minimum absolute atomic E-state index is 0.00612. The lowest BCUT2D eigenvalue weighted by Gasteiger charge is -2.22. The number of carbonyl (C=O) groups excluding carboxylic acids is 1. The van der Waals surface area contributed by atoms with E-state index in [2.05, 4.69) is 0 Å². The molecule has 1 unspecified atom stereocenters. The van der Waals surface area contributed by atoms with E-state index >= 15 is 0 Å². The molecule has 2 N–H and O–H groups in total. The summed E-state index contributed by atoms with van der Waals surface area (Å²) in [6.45, 7) is 2.55. The Bertz CT molecular complexity index is 661. The van der Waals surface area contributed by atoms with Crippen molar-refractivity contribution in [2.45, 2.75) is 30.7 Å². The SMILES string of the molecule is CC1CCCN1C(=O)c1cc(S(N)(=O)=O)cc(Cl)c1Cl. The highest BCUT2D eigenvalue weighted by Crippen LogP contribution is 2.31. The quantitative estimate of drug-likeness (QED) is 0.899. The van der Waals surface area contributed by atoms with Crippen molar-refractivity contribution in [2.75, 3.05) is 6.54 Å². The van der Waals surface area contributed by atoms with Gasteiger partial charge < -0.3 is 4.90 Å². The molecule has 1 atom stereocenters. The minimum Gasteiger partial charge on any atom is -0.336 e.